The summed E-state index contributed by atoms with van der Waals surface area (Å²) in [5, 5.41) is 2.27. The van der Waals surface area contributed by atoms with E-state index in [-0.39, 0.29) is 0 Å². The zero-order chi connectivity index (χ0) is 18.0. The number of benzene rings is 2. The number of alkyl halides is 3. The van der Waals surface area contributed by atoms with Crippen molar-refractivity contribution in [2.45, 2.75) is 6.18 Å². The fourth-order valence-electron chi connectivity index (χ4n) is 2.15. The molecule has 3 rings (SSSR count). The van der Waals surface area contributed by atoms with Crippen molar-refractivity contribution in [3.63, 3.8) is 0 Å². The first-order valence-electron chi connectivity index (χ1n) is 7.02. The van der Waals surface area contributed by atoms with E-state index in [1.165, 1.54) is 29.6 Å². The molecule has 2 aromatic carbocycles. The average molecular weight is 383 g/mol. The third-order valence-corrected chi connectivity index (χ3v) is 4.43. The van der Waals surface area contributed by atoms with E-state index in [1.807, 2.05) is 0 Å². The molecule has 0 radical (unpaired) electrons. The van der Waals surface area contributed by atoms with Crippen LogP contribution in [0.2, 0.25) is 5.02 Å². The minimum absolute atomic E-state index is 0.394. The van der Waals surface area contributed by atoms with Gasteiger partial charge in [-0.15, -0.1) is 11.3 Å². The molecule has 0 atom stereocenters. The highest BCUT2D eigenvalue weighted by molar-refractivity contribution is 7.16. The number of anilines is 1. The lowest BCUT2D eigenvalue weighted by molar-refractivity contribution is -0.137. The van der Waals surface area contributed by atoms with Crippen molar-refractivity contribution in [2.75, 3.05) is 5.32 Å². The third-order valence-electron chi connectivity index (χ3n) is 3.32. The minimum atomic E-state index is -4.51. The van der Waals surface area contributed by atoms with Gasteiger partial charge in [0.1, 0.15) is 0 Å². The summed E-state index contributed by atoms with van der Waals surface area (Å²) in [4.78, 5) is 16.1. The summed E-state index contributed by atoms with van der Waals surface area (Å²) in [6.45, 7) is 0. The molecule has 3 aromatic rings. The second kappa shape index (κ2) is 6.85. The number of nitrogens with one attached hydrogen (secondary N) is 1. The molecule has 0 saturated carbocycles. The maximum atomic E-state index is 12.7. The van der Waals surface area contributed by atoms with Gasteiger partial charge in [0.2, 0.25) is 5.91 Å². The fraction of sp³-hybridized carbons (Fsp3) is 0.0588. The normalized spacial score (nSPS) is 12.0. The highest BCUT2D eigenvalue weighted by Crippen LogP contribution is 2.35. The molecule has 0 bridgehead atoms. The van der Waals surface area contributed by atoms with E-state index in [4.69, 9.17) is 11.6 Å². The SMILES string of the molecule is O=C(/C=C/c1ccc(C(F)(F)F)c(Cl)c1)Nc1ccc2ncsc2c1. The van der Waals surface area contributed by atoms with Crippen LogP contribution in [0.3, 0.4) is 0 Å². The molecule has 3 nitrogen and oxygen atoms in total. The van der Waals surface area contributed by atoms with Gasteiger partial charge in [-0.25, -0.2) is 4.98 Å². The van der Waals surface area contributed by atoms with Crippen LogP contribution in [0.4, 0.5) is 18.9 Å². The molecule has 0 aliphatic heterocycles. The van der Waals surface area contributed by atoms with Crippen LogP contribution in [-0.4, -0.2) is 10.9 Å². The topological polar surface area (TPSA) is 42.0 Å². The molecule has 0 aliphatic rings. The van der Waals surface area contributed by atoms with Crippen molar-refractivity contribution < 1.29 is 18.0 Å². The van der Waals surface area contributed by atoms with E-state index >= 15 is 0 Å². The van der Waals surface area contributed by atoms with Crippen LogP contribution in [0.5, 0.6) is 0 Å². The van der Waals surface area contributed by atoms with Gasteiger partial charge in [0.05, 0.1) is 26.3 Å². The van der Waals surface area contributed by atoms with Gasteiger partial charge in [-0.05, 0) is 42.0 Å². The number of carbonyl (C=O) groups excluding carboxylic acids is 1. The van der Waals surface area contributed by atoms with Crippen LogP contribution >= 0.6 is 22.9 Å². The summed E-state index contributed by atoms with van der Waals surface area (Å²) in [6, 6.07) is 8.62. The summed E-state index contributed by atoms with van der Waals surface area (Å²) >= 11 is 7.10. The quantitative estimate of drug-likeness (QED) is 0.597. The van der Waals surface area contributed by atoms with E-state index < -0.39 is 22.7 Å². The van der Waals surface area contributed by atoms with Crippen molar-refractivity contribution in [2.24, 2.45) is 0 Å². The number of hydrogen-bond acceptors (Lipinski definition) is 3. The molecule has 0 fully saturated rings. The summed E-state index contributed by atoms with van der Waals surface area (Å²) in [5.41, 5.74) is 2.65. The van der Waals surface area contributed by atoms with Gasteiger partial charge >= 0.3 is 6.18 Å². The first-order valence-corrected chi connectivity index (χ1v) is 8.28. The highest BCUT2D eigenvalue weighted by Gasteiger charge is 2.32. The van der Waals surface area contributed by atoms with Crippen LogP contribution in [0.25, 0.3) is 16.3 Å². The number of halogens is 4. The lowest BCUT2D eigenvalue weighted by Gasteiger charge is -2.08. The van der Waals surface area contributed by atoms with Crippen LogP contribution in [0.15, 0.2) is 48.0 Å². The summed E-state index contributed by atoms with van der Waals surface area (Å²) in [5.74, 6) is -0.403. The number of hydrogen-bond donors (Lipinski definition) is 1. The predicted octanol–water partition coefficient (Wildman–Crippen LogP) is 5.62. The third kappa shape index (κ3) is 4.18. The molecule has 1 amide bonds. The smallest absolute Gasteiger partial charge is 0.322 e. The second-order valence-electron chi connectivity index (χ2n) is 5.09. The van der Waals surface area contributed by atoms with E-state index in [2.05, 4.69) is 10.3 Å². The number of fused-ring (bicyclic) bond motifs is 1. The Labute approximate surface area is 149 Å². The predicted molar refractivity (Wildman–Crippen MR) is 93.7 cm³/mol. The average Bonchev–Trinajstić information content (AvgIpc) is 2.99. The Balaban J connectivity index is 1.70. The molecule has 0 spiro atoms. The van der Waals surface area contributed by atoms with Crippen molar-refractivity contribution in [3.8, 4) is 0 Å². The van der Waals surface area contributed by atoms with Crippen molar-refractivity contribution >= 4 is 50.8 Å². The molecule has 8 heteroatoms. The molecule has 0 saturated heterocycles. The summed E-state index contributed by atoms with van der Waals surface area (Å²) in [6.07, 6.45) is -1.88. The van der Waals surface area contributed by atoms with E-state index in [0.717, 1.165) is 22.3 Å². The zero-order valence-corrected chi connectivity index (χ0v) is 14.0. The molecule has 1 N–H and O–H groups in total. The first-order chi connectivity index (χ1) is 11.8. The van der Waals surface area contributed by atoms with E-state index in [1.54, 1.807) is 23.7 Å². The summed E-state index contributed by atoms with van der Waals surface area (Å²) < 4.78 is 38.9. The second-order valence-corrected chi connectivity index (χ2v) is 6.39. The number of carbonyl (C=O) groups is 1. The summed E-state index contributed by atoms with van der Waals surface area (Å²) in [7, 11) is 0. The number of thiazole rings is 1. The van der Waals surface area contributed by atoms with Crippen molar-refractivity contribution in [3.05, 3.63) is 64.1 Å². The Morgan fingerprint density at radius 1 is 1.20 bits per heavy atom. The molecule has 1 heterocycles. The Bertz CT molecular complexity index is 966. The van der Waals surface area contributed by atoms with Crippen LogP contribution in [0, 0.1) is 0 Å². The van der Waals surface area contributed by atoms with Crippen molar-refractivity contribution in [1.82, 2.24) is 4.98 Å². The molecule has 25 heavy (non-hydrogen) atoms. The first kappa shape index (κ1) is 17.4. The number of rotatable bonds is 3. The largest absolute Gasteiger partial charge is 0.417 e. The standard InChI is InChI=1S/C17H10ClF3N2OS/c18-13-7-10(1-4-12(13)17(19,20)21)2-6-16(24)23-11-3-5-14-15(8-11)25-9-22-14/h1-9H,(H,23,24)/b6-2+. The molecular weight excluding hydrogens is 373 g/mol. The molecule has 1 aromatic heterocycles. The lowest BCUT2D eigenvalue weighted by Crippen LogP contribution is -2.07. The Hall–Kier alpha value is -2.38. The van der Waals surface area contributed by atoms with Gasteiger partial charge in [0, 0.05) is 11.8 Å². The van der Waals surface area contributed by atoms with Gasteiger partial charge in [0.25, 0.3) is 0 Å². The van der Waals surface area contributed by atoms with Crippen molar-refractivity contribution in [1.29, 1.82) is 0 Å². The molecule has 0 aliphatic carbocycles. The van der Waals surface area contributed by atoms with Crippen LogP contribution < -0.4 is 5.32 Å². The Morgan fingerprint density at radius 3 is 2.72 bits per heavy atom. The molecular formula is C17H10ClF3N2OS. The Kier molecular flexibility index (Phi) is 4.78. The number of nitrogens with zero attached hydrogens (tertiary/aromatic N) is 1. The van der Waals surface area contributed by atoms with Gasteiger partial charge < -0.3 is 5.32 Å². The van der Waals surface area contributed by atoms with Gasteiger partial charge in [-0.2, -0.15) is 13.2 Å². The van der Waals surface area contributed by atoms with E-state index in [0.29, 0.717) is 11.3 Å². The van der Waals surface area contributed by atoms with Crippen LogP contribution in [0.1, 0.15) is 11.1 Å². The van der Waals surface area contributed by atoms with Gasteiger partial charge in [0.15, 0.2) is 0 Å². The van der Waals surface area contributed by atoms with Gasteiger partial charge in [-0.3, -0.25) is 4.79 Å². The van der Waals surface area contributed by atoms with Crippen LogP contribution in [-0.2, 0) is 11.0 Å². The highest BCUT2D eigenvalue weighted by atomic mass is 35.5. The molecule has 128 valence electrons. The Morgan fingerprint density at radius 2 is 2.00 bits per heavy atom. The minimum Gasteiger partial charge on any atom is -0.322 e. The fourth-order valence-corrected chi connectivity index (χ4v) is 3.17. The lowest BCUT2D eigenvalue weighted by atomic mass is 10.1. The zero-order valence-electron chi connectivity index (χ0n) is 12.5. The van der Waals surface area contributed by atoms with Gasteiger partial charge in [-0.1, -0.05) is 17.7 Å². The molecule has 0 unspecified atom stereocenters. The maximum Gasteiger partial charge on any atom is 0.417 e. The monoisotopic (exact) mass is 382 g/mol. The number of amides is 1. The number of aromatic nitrogens is 1. The maximum absolute atomic E-state index is 12.7. The van der Waals surface area contributed by atoms with E-state index in [9.17, 15) is 18.0 Å².